The van der Waals surface area contributed by atoms with Gasteiger partial charge in [-0.3, -0.25) is 9.59 Å². The number of para-hydroxylation sites is 1. The predicted molar refractivity (Wildman–Crippen MR) is 94.7 cm³/mol. The normalized spacial score (nSPS) is 17.1. The summed E-state index contributed by atoms with van der Waals surface area (Å²) in [6, 6.07) is 19.7. The van der Waals surface area contributed by atoms with Crippen LogP contribution in [-0.4, -0.2) is 24.9 Å². The molecular weight excluding hydrogens is 300 g/mol. The van der Waals surface area contributed by atoms with Gasteiger partial charge in [0.15, 0.2) is 0 Å². The van der Waals surface area contributed by atoms with Crippen molar-refractivity contribution in [2.24, 2.45) is 5.92 Å². The first-order valence-corrected chi connectivity index (χ1v) is 8.44. The van der Waals surface area contributed by atoms with Gasteiger partial charge < -0.3 is 10.2 Å². The Morgan fingerprint density at radius 1 is 1.04 bits per heavy atom. The summed E-state index contributed by atoms with van der Waals surface area (Å²) in [6.07, 6.45) is 2.38. The minimum Gasteiger partial charge on any atom is -0.355 e. The van der Waals surface area contributed by atoms with Crippen LogP contribution >= 0.6 is 0 Å². The fourth-order valence-corrected chi connectivity index (χ4v) is 3.06. The summed E-state index contributed by atoms with van der Waals surface area (Å²) < 4.78 is 0. The highest BCUT2D eigenvalue weighted by Gasteiger charge is 2.37. The maximum absolute atomic E-state index is 12.5. The van der Waals surface area contributed by atoms with Crippen molar-refractivity contribution in [1.82, 2.24) is 5.32 Å². The maximum Gasteiger partial charge on any atom is 0.239 e. The van der Waals surface area contributed by atoms with Gasteiger partial charge in [-0.1, -0.05) is 48.5 Å². The zero-order valence-electron chi connectivity index (χ0n) is 13.7. The number of rotatable bonds is 6. The highest BCUT2D eigenvalue weighted by atomic mass is 16.2. The minimum atomic E-state index is -0.554. The number of hydrogen-bond acceptors (Lipinski definition) is 2. The van der Waals surface area contributed by atoms with E-state index in [9.17, 15) is 9.59 Å². The van der Waals surface area contributed by atoms with E-state index in [4.69, 9.17) is 0 Å². The number of aryl methyl sites for hydroxylation is 1. The van der Waals surface area contributed by atoms with Crippen LogP contribution in [0.3, 0.4) is 0 Å². The molecule has 0 aliphatic carbocycles. The van der Waals surface area contributed by atoms with Gasteiger partial charge in [-0.2, -0.15) is 0 Å². The molecule has 1 saturated heterocycles. The lowest BCUT2D eigenvalue weighted by Gasteiger charge is -2.16. The minimum absolute atomic E-state index is 0.0956. The number of carbonyl (C=O) groups is 2. The Labute approximate surface area is 142 Å². The van der Waals surface area contributed by atoms with Crippen molar-refractivity contribution in [2.45, 2.75) is 19.3 Å². The van der Waals surface area contributed by atoms with Crippen molar-refractivity contribution in [3.05, 3.63) is 66.2 Å². The van der Waals surface area contributed by atoms with Gasteiger partial charge in [-0.15, -0.1) is 0 Å². The van der Waals surface area contributed by atoms with Gasteiger partial charge in [0.25, 0.3) is 0 Å². The van der Waals surface area contributed by atoms with Crippen LogP contribution in [0.25, 0.3) is 0 Å². The van der Waals surface area contributed by atoms with Crippen LogP contribution in [0.15, 0.2) is 60.7 Å². The Hall–Kier alpha value is -2.62. The summed E-state index contributed by atoms with van der Waals surface area (Å²) in [7, 11) is 0. The van der Waals surface area contributed by atoms with Crippen LogP contribution < -0.4 is 10.2 Å². The van der Waals surface area contributed by atoms with E-state index in [0.29, 0.717) is 19.5 Å². The molecule has 0 spiro atoms. The third-order valence-corrected chi connectivity index (χ3v) is 4.37. The van der Waals surface area contributed by atoms with Gasteiger partial charge in [0.05, 0.1) is 0 Å². The molecule has 2 amide bonds. The molecule has 1 aliphatic rings. The molecule has 1 atom stereocenters. The smallest absolute Gasteiger partial charge is 0.239 e. The van der Waals surface area contributed by atoms with Crippen molar-refractivity contribution in [1.29, 1.82) is 0 Å². The van der Waals surface area contributed by atoms with Crippen LogP contribution in [0.4, 0.5) is 5.69 Å². The predicted octanol–water partition coefficient (Wildman–Crippen LogP) is 2.79. The molecule has 1 aliphatic heterocycles. The van der Waals surface area contributed by atoms with Crippen LogP contribution in [0, 0.1) is 5.92 Å². The van der Waals surface area contributed by atoms with Crippen molar-refractivity contribution in [3.8, 4) is 0 Å². The van der Waals surface area contributed by atoms with E-state index in [1.807, 2.05) is 48.5 Å². The molecule has 4 nitrogen and oxygen atoms in total. The lowest BCUT2D eigenvalue weighted by atomic mass is 10.1. The van der Waals surface area contributed by atoms with E-state index in [-0.39, 0.29) is 11.8 Å². The van der Waals surface area contributed by atoms with Gasteiger partial charge in [-0.05, 0) is 37.0 Å². The second-order valence-electron chi connectivity index (χ2n) is 6.05. The van der Waals surface area contributed by atoms with Crippen LogP contribution in [0.2, 0.25) is 0 Å². The highest BCUT2D eigenvalue weighted by Crippen LogP contribution is 2.25. The summed E-state index contributed by atoms with van der Waals surface area (Å²) in [5.41, 5.74) is 2.13. The molecule has 24 heavy (non-hydrogen) atoms. The molecular formula is C20H22N2O2. The molecule has 1 heterocycles. The Morgan fingerprint density at radius 3 is 2.42 bits per heavy atom. The Morgan fingerprint density at radius 2 is 1.71 bits per heavy atom. The van der Waals surface area contributed by atoms with Crippen molar-refractivity contribution in [2.75, 3.05) is 18.0 Å². The van der Waals surface area contributed by atoms with Crippen molar-refractivity contribution in [3.63, 3.8) is 0 Å². The summed E-state index contributed by atoms with van der Waals surface area (Å²) in [6.45, 7) is 1.20. The summed E-state index contributed by atoms with van der Waals surface area (Å²) >= 11 is 0. The summed E-state index contributed by atoms with van der Waals surface area (Å²) in [5, 5.41) is 2.91. The molecule has 4 heteroatoms. The quantitative estimate of drug-likeness (QED) is 0.657. The number of benzene rings is 2. The standard InChI is InChI=1S/C20H22N2O2/c23-19(21-14-7-10-16-8-3-1-4-9-16)18-13-15-22(20(18)24)17-11-5-2-6-12-17/h1-6,8-9,11-12,18H,7,10,13-15H2,(H,21,23). The first-order valence-electron chi connectivity index (χ1n) is 8.44. The Kier molecular flexibility index (Phi) is 5.26. The highest BCUT2D eigenvalue weighted by molar-refractivity contribution is 6.09. The first-order chi connectivity index (χ1) is 11.8. The lowest BCUT2D eigenvalue weighted by molar-refractivity contribution is -0.132. The number of anilines is 1. The summed E-state index contributed by atoms with van der Waals surface area (Å²) in [5.74, 6) is -0.796. The van der Waals surface area contributed by atoms with Crippen LogP contribution in [0.5, 0.6) is 0 Å². The number of hydrogen-bond donors (Lipinski definition) is 1. The number of nitrogens with one attached hydrogen (secondary N) is 1. The average molecular weight is 322 g/mol. The van der Waals surface area contributed by atoms with Gasteiger partial charge in [0.2, 0.25) is 11.8 Å². The largest absolute Gasteiger partial charge is 0.355 e. The fraction of sp³-hybridized carbons (Fsp3) is 0.300. The zero-order valence-corrected chi connectivity index (χ0v) is 13.7. The van der Waals surface area contributed by atoms with E-state index < -0.39 is 5.92 Å². The Bertz CT molecular complexity index is 685. The lowest BCUT2D eigenvalue weighted by Crippen LogP contribution is -2.37. The van der Waals surface area contributed by atoms with Crippen molar-refractivity contribution >= 4 is 17.5 Å². The molecule has 2 aromatic carbocycles. The van der Waals surface area contributed by atoms with E-state index in [1.54, 1.807) is 4.90 Å². The summed E-state index contributed by atoms with van der Waals surface area (Å²) in [4.78, 5) is 26.5. The molecule has 0 bridgehead atoms. The number of amides is 2. The SMILES string of the molecule is O=C(NCCCc1ccccc1)C1CCN(c2ccccc2)C1=O. The third kappa shape index (κ3) is 3.82. The van der Waals surface area contributed by atoms with Gasteiger partial charge in [0.1, 0.15) is 5.92 Å². The second-order valence-corrected chi connectivity index (χ2v) is 6.05. The average Bonchev–Trinajstić information content (AvgIpc) is 3.02. The molecule has 124 valence electrons. The zero-order chi connectivity index (χ0) is 16.8. The third-order valence-electron chi connectivity index (χ3n) is 4.37. The van der Waals surface area contributed by atoms with E-state index >= 15 is 0 Å². The molecule has 1 unspecified atom stereocenters. The van der Waals surface area contributed by atoms with Gasteiger partial charge in [0, 0.05) is 18.8 Å². The van der Waals surface area contributed by atoms with Crippen molar-refractivity contribution < 1.29 is 9.59 Å². The van der Waals surface area contributed by atoms with E-state index in [1.165, 1.54) is 5.56 Å². The molecule has 0 saturated carbocycles. The number of nitrogens with zero attached hydrogens (tertiary/aromatic N) is 1. The van der Waals surface area contributed by atoms with Gasteiger partial charge in [-0.25, -0.2) is 0 Å². The monoisotopic (exact) mass is 322 g/mol. The Balaban J connectivity index is 1.46. The molecule has 0 radical (unpaired) electrons. The van der Waals surface area contributed by atoms with Crippen LogP contribution in [-0.2, 0) is 16.0 Å². The maximum atomic E-state index is 12.5. The molecule has 1 fully saturated rings. The van der Waals surface area contributed by atoms with E-state index in [2.05, 4.69) is 17.4 Å². The van der Waals surface area contributed by atoms with Gasteiger partial charge >= 0.3 is 0 Å². The first kappa shape index (κ1) is 16.2. The topological polar surface area (TPSA) is 49.4 Å². The fourth-order valence-electron chi connectivity index (χ4n) is 3.06. The van der Waals surface area contributed by atoms with E-state index in [0.717, 1.165) is 18.5 Å². The molecule has 0 aromatic heterocycles. The molecule has 2 aromatic rings. The van der Waals surface area contributed by atoms with Crippen LogP contribution in [0.1, 0.15) is 18.4 Å². The second kappa shape index (κ2) is 7.77. The number of carbonyl (C=O) groups excluding carboxylic acids is 2. The molecule has 3 rings (SSSR count). The molecule has 1 N–H and O–H groups in total.